The molecular weight excluding hydrogens is 342 g/mol. The molecule has 1 saturated heterocycles. The van der Waals surface area contributed by atoms with Gasteiger partial charge in [0.25, 0.3) is 0 Å². The molecule has 1 aromatic rings. The fourth-order valence-corrected chi connectivity index (χ4v) is 3.56. The number of ether oxygens (including phenoxy) is 1. The zero-order valence-corrected chi connectivity index (χ0v) is 16.7. The standard InChI is InChI=1S/C21H33N3O3/c1-16(2)19(24-18(25)13-17-7-5-4-6-8-17)20(26)23-14-21(15-27-3)9-11-22-12-10-21/h4-8,16,19,22H,9-15H2,1-3H3,(H,23,26)(H,24,25). The summed E-state index contributed by atoms with van der Waals surface area (Å²) in [4.78, 5) is 25.2. The van der Waals surface area contributed by atoms with Crippen LogP contribution in [0.15, 0.2) is 30.3 Å². The molecule has 27 heavy (non-hydrogen) atoms. The topological polar surface area (TPSA) is 79.5 Å². The molecule has 3 N–H and O–H groups in total. The van der Waals surface area contributed by atoms with Crippen molar-refractivity contribution < 1.29 is 14.3 Å². The van der Waals surface area contributed by atoms with Gasteiger partial charge in [-0.05, 0) is 37.4 Å². The summed E-state index contributed by atoms with van der Waals surface area (Å²) in [7, 11) is 1.70. The molecule has 1 aliphatic rings. The molecule has 1 unspecified atom stereocenters. The summed E-state index contributed by atoms with van der Waals surface area (Å²) in [6.45, 7) is 6.95. The Balaban J connectivity index is 1.92. The lowest BCUT2D eigenvalue weighted by atomic mass is 9.79. The first kappa shape index (κ1) is 21.4. The monoisotopic (exact) mass is 375 g/mol. The highest BCUT2D eigenvalue weighted by Crippen LogP contribution is 2.28. The van der Waals surface area contributed by atoms with Gasteiger partial charge in [0.1, 0.15) is 6.04 Å². The maximum atomic E-state index is 12.8. The highest BCUT2D eigenvalue weighted by atomic mass is 16.5. The molecule has 2 rings (SSSR count). The second-order valence-electron chi connectivity index (χ2n) is 7.85. The van der Waals surface area contributed by atoms with Gasteiger partial charge in [-0.25, -0.2) is 0 Å². The predicted molar refractivity (Wildman–Crippen MR) is 106 cm³/mol. The second-order valence-corrected chi connectivity index (χ2v) is 7.85. The Morgan fingerprint density at radius 2 is 1.85 bits per heavy atom. The third-order valence-electron chi connectivity index (χ3n) is 5.23. The van der Waals surface area contributed by atoms with Gasteiger partial charge in [-0.2, -0.15) is 0 Å². The number of carbonyl (C=O) groups is 2. The Morgan fingerprint density at radius 1 is 1.19 bits per heavy atom. The molecule has 6 heteroatoms. The molecule has 1 fully saturated rings. The minimum absolute atomic E-state index is 0.0103. The van der Waals surface area contributed by atoms with Crippen molar-refractivity contribution in [1.82, 2.24) is 16.0 Å². The number of nitrogens with one attached hydrogen (secondary N) is 3. The summed E-state index contributed by atoms with van der Waals surface area (Å²) < 4.78 is 5.41. The number of amides is 2. The lowest BCUT2D eigenvalue weighted by Crippen LogP contribution is -2.54. The second kappa shape index (κ2) is 10.4. The van der Waals surface area contributed by atoms with Crippen LogP contribution in [0.2, 0.25) is 0 Å². The third-order valence-corrected chi connectivity index (χ3v) is 5.23. The van der Waals surface area contributed by atoms with Crippen LogP contribution < -0.4 is 16.0 Å². The van der Waals surface area contributed by atoms with Crippen LogP contribution in [-0.2, 0) is 20.7 Å². The predicted octanol–water partition coefficient (Wildman–Crippen LogP) is 1.50. The largest absolute Gasteiger partial charge is 0.384 e. The fourth-order valence-electron chi connectivity index (χ4n) is 3.56. The molecule has 0 spiro atoms. The number of piperidine rings is 1. The van der Waals surface area contributed by atoms with Gasteiger partial charge in [0.15, 0.2) is 0 Å². The lowest BCUT2D eigenvalue weighted by Gasteiger charge is -2.37. The van der Waals surface area contributed by atoms with E-state index in [1.54, 1.807) is 7.11 Å². The van der Waals surface area contributed by atoms with Crippen molar-refractivity contribution in [2.24, 2.45) is 11.3 Å². The Morgan fingerprint density at radius 3 is 2.44 bits per heavy atom. The van der Waals surface area contributed by atoms with Gasteiger partial charge in [0.05, 0.1) is 13.0 Å². The fraction of sp³-hybridized carbons (Fsp3) is 0.619. The Kier molecular flexibility index (Phi) is 8.25. The Labute approximate surface area is 162 Å². The van der Waals surface area contributed by atoms with E-state index in [2.05, 4.69) is 16.0 Å². The summed E-state index contributed by atoms with van der Waals surface area (Å²) in [6, 6.07) is 9.02. The number of benzene rings is 1. The van der Waals surface area contributed by atoms with E-state index in [0.717, 1.165) is 31.5 Å². The smallest absolute Gasteiger partial charge is 0.242 e. The summed E-state index contributed by atoms with van der Waals surface area (Å²) in [5.74, 6) is -0.250. The van der Waals surface area contributed by atoms with E-state index in [0.29, 0.717) is 13.2 Å². The minimum Gasteiger partial charge on any atom is -0.384 e. The van der Waals surface area contributed by atoms with Crippen LogP contribution in [-0.4, -0.2) is 51.2 Å². The molecule has 1 atom stereocenters. The molecule has 1 heterocycles. The van der Waals surface area contributed by atoms with Crippen LogP contribution in [0, 0.1) is 11.3 Å². The van der Waals surface area contributed by atoms with E-state index in [1.165, 1.54) is 0 Å². The molecule has 1 aliphatic heterocycles. The molecule has 0 saturated carbocycles. The number of methoxy groups -OCH3 is 1. The first-order valence-electron chi connectivity index (χ1n) is 9.76. The number of hydrogen-bond donors (Lipinski definition) is 3. The highest BCUT2D eigenvalue weighted by molar-refractivity contribution is 5.88. The van der Waals surface area contributed by atoms with E-state index in [1.807, 2.05) is 44.2 Å². The van der Waals surface area contributed by atoms with Crippen LogP contribution in [0.4, 0.5) is 0 Å². The van der Waals surface area contributed by atoms with E-state index in [9.17, 15) is 9.59 Å². The van der Waals surface area contributed by atoms with Crippen molar-refractivity contribution in [3.8, 4) is 0 Å². The summed E-state index contributed by atoms with van der Waals surface area (Å²) in [6.07, 6.45) is 2.21. The maximum Gasteiger partial charge on any atom is 0.242 e. The van der Waals surface area contributed by atoms with E-state index >= 15 is 0 Å². The van der Waals surface area contributed by atoms with Gasteiger partial charge >= 0.3 is 0 Å². The van der Waals surface area contributed by atoms with E-state index < -0.39 is 6.04 Å². The van der Waals surface area contributed by atoms with E-state index in [-0.39, 0.29) is 29.6 Å². The normalized spacial score (nSPS) is 17.3. The van der Waals surface area contributed by atoms with Crippen molar-refractivity contribution in [1.29, 1.82) is 0 Å². The molecule has 6 nitrogen and oxygen atoms in total. The molecular formula is C21H33N3O3. The quantitative estimate of drug-likeness (QED) is 0.611. The van der Waals surface area contributed by atoms with Gasteiger partial charge in [-0.15, -0.1) is 0 Å². The summed E-state index contributed by atoms with van der Waals surface area (Å²) in [5.41, 5.74) is 0.900. The first-order valence-corrected chi connectivity index (χ1v) is 9.76. The first-order chi connectivity index (χ1) is 13.0. The van der Waals surface area contributed by atoms with Gasteiger partial charge in [-0.1, -0.05) is 44.2 Å². The van der Waals surface area contributed by atoms with Gasteiger partial charge in [0, 0.05) is 19.1 Å². The summed E-state index contributed by atoms with van der Waals surface area (Å²) >= 11 is 0. The SMILES string of the molecule is COCC1(CNC(=O)C(NC(=O)Cc2ccccc2)C(C)C)CCNCC1. The maximum absolute atomic E-state index is 12.8. The van der Waals surface area contributed by atoms with E-state index in [4.69, 9.17) is 4.74 Å². The van der Waals surface area contributed by atoms with Crippen LogP contribution in [0.25, 0.3) is 0 Å². The van der Waals surface area contributed by atoms with Crippen molar-refractivity contribution in [2.75, 3.05) is 33.4 Å². The third kappa shape index (κ3) is 6.63. The van der Waals surface area contributed by atoms with Crippen LogP contribution in [0.5, 0.6) is 0 Å². The zero-order chi connectivity index (χ0) is 19.7. The molecule has 0 radical (unpaired) electrons. The average Bonchev–Trinajstić information content (AvgIpc) is 2.66. The number of hydrogen-bond acceptors (Lipinski definition) is 4. The van der Waals surface area contributed by atoms with Crippen molar-refractivity contribution >= 4 is 11.8 Å². The Hall–Kier alpha value is -1.92. The van der Waals surface area contributed by atoms with Crippen molar-refractivity contribution in [2.45, 2.75) is 39.2 Å². The highest BCUT2D eigenvalue weighted by Gasteiger charge is 2.34. The molecule has 2 amide bonds. The van der Waals surface area contributed by atoms with Gasteiger partial charge in [0.2, 0.25) is 11.8 Å². The van der Waals surface area contributed by atoms with Gasteiger partial charge < -0.3 is 20.7 Å². The Bertz CT molecular complexity index is 592. The number of carbonyl (C=O) groups excluding carboxylic acids is 2. The molecule has 150 valence electrons. The molecule has 0 aliphatic carbocycles. The number of rotatable bonds is 9. The van der Waals surface area contributed by atoms with Crippen LogP contribution in [0.3, 0.4) is 0 Å². The van der Waals surface area contributed by atoms with Gasteiger partial charge in [-0.3, -0.25) is 9.59 Å². The molecule has 0 bridgehead atoms. The molecule has 1 aromatic carbocycles. The van der Waals surface area contributed by atoms with Crippen molar-refractivity contribution in [3.05, 3.63) is 35.9 Å². The van der Waals surface area contributed by atoms with Crippen LogP contribution >= 0.6 is 0 Å². The van der Waals surface area contributed by atoms with Crippen molar-refractivity contribution in [3.63, 3.8) is 0 Å². The molecule has 0 aromatic heterocycles. The zero-order valence-electron chi connectivity index (χ0n) is 16.7. The minimum atomic E-state index is -0.539. The summed E-state index contributed by atoms with van der Waals surface area (Å²) in [5, 5.41) is 9.32. The lowest BCUT2D eigenvalue weighted by molar-refractivity contribution is -0.130. The average molecular weight is 376 g/mol. The van der Waals surface area contributed by atoms with Crippen LogP contribution in [0.1, 0.15) is 32.3 Å².